The molecule has 0 N–H and O–H groups in total. The van der Waals surface area contributed by atoms with E-state index in [1.807, 2.05) is 0 Å². The minimum absolute atomic E-state index is 0. The summed E-state index contributed by atoms with van der Waals surface area (Å²) in [6, 6.07) is 2.76. The smallest absolute Gasteiger partial charge is 0.524 e. The van der Waals surface area contributed by atoms with Gasteiger partial charge in [-0.2, -0.15) is 5.30 Å². The molecular weight excluding hydrogens is 374 g/mol. The number of hydrogen-bond acceptors (Lipinski definition) is 0. The van der Waals surface area contributed by atoms with Gasteiger partial charge in [0.25, 0.3) is 0 Å². The van der Waals surface area contributed by atoms with Crippen LogP contribution in [0.15, 0.2) is 6.07 Å². The van der Waals surface area contributed by atoms with Gasteiger partial charge in [-0.1, -0.05) is 72.6 Å². The van der Waals surface area contributed by atoms with Gasteiger partial charge in [0.05, 0.1) is 0 Å². The van der Waals surface area contributed by atoms with Crippen LogP contribution in [0.1, 0.15) is 142 Å². The second-order valence-corrected chi connectivity index (χ2v) is 10.9. The summed E-state index contributed by atoms with van der Waals surface area (Å²) in [5.74, 6) is 0. The van der Waals surface area contributed by atoms with Gasteiger partial charge in [-0.25, -0.2) is 0 Å². The van der Waals surface area contributed by atoms with Crippen LogP contribution in [-0.2, 0) is 21.7 Å². The summed E-state index contributed by atoms with van der Waals surface area (Å²) in [5.41, 5.74) is 8.22. The maximum absolute atomic E-state index is 4.38. The van der Waals surface area contributed by atoms with Gasteiger partial charge in [0, 0.05) is 0 Å². The van der Waals surface area contributed by atoms with Crippen molar-refractivity contribution in [2.24, 2.45) is 0 Å². The molecule has 0 amide bonds. The summed E-state index contributed by atoms with van der Waals surface area (Å²) >= 11 is 0. The molecule has 1 aromatic rings. The van der Waals surface area contributed by atoms with E-state index in [1.165, 1.54) is 69.5 Å². The minimum Gasteiger partial charge on any atom is -0.524 e. The Labute approximate surface area is 202 Å². The predicted molar refractivity (Wildman–Crippen MR) is 133 cm³/mol. The maximum atomic E-state index is 4.38. The van der Waals surface area contributed by atoms with Crippen molar-refractivity contribution >= 4 is 14.5 Å². The Morgan fingerprint density at radius 3 is 1.07 bits per heavy atom. The summed E-state index contributed by atoms with van der Waals surface area (Å²) in [7, 11) is 4.38. The molecule has 0 aliphatic heterocycles. The molecule has 0 nitrogen and oxygen atoms in total. The van der Waals surface area contributed by atoms with E-state index in [1.54, 1.807) is 22.3 Å². The zero-order valence-electron chi connectivity index (χ0n) is 21.6. The van der Waals surface area contributed by atoms with Crippen LogP contribution in [0.2, 0.25) is 0 Å². The Morgan fingerprint density at radius 1 is 0.567 bits per heavy atom. The molecule has 3 rings (SSSR count). The molecule has 2 aliphatic rings. The average Bonchev–Trinajstić information content (AvgIpc) is 3.23. The fourth-order valence-corrected chi connectivity index (χ4v) is 8.55. The van der Waals surface area contributed by atoms with Gasteiger partial charge >= 0.3 is 18.9 Å². The van der Waals surface area contributed by atoms with Crippen LogP contribution in [0, 0.1) is 0 Å². The normalized spacial score (nSPS) is 21.8. The Balaban J connectivity index is 0.00000320. The van der Waals surface area contributed by atoms with Gasteiger partial charge < -0.3 is 9.24 Å². The molecule has 164 valence electrons. The van der Waals surface area contributed by atoms with Gasteiger partial charge in [0.1, 0.15) is 0 Å². The molecule has 2 heteroatoms. The number of rotatable bonds is 8. The van der Waals surface area contributed by atoms with Crippen molar-refractivity contribution in [2.45, 2.75) is 141 Å². The van der Waals surface area contributed by atoms with Crippen LogP contribution in [0.25, 0.3) is 0 Å². The summed E-state index contributed by atoms with van der Waals surface area (Å²) in [6.45, 7) is 19.5. The van der Waals surface area contributed by atoms with Crippen LogP contribution in [0.3, 0.4) is 0 Å². The molecule has 0 saturated heterocycles. The summed E-state index contributed by atoms with van der Waals surface area (Å²) in [6.07, 6.45) is 12.8. The van der Waals surface area contributed by atoms with E-state index in [4.69, 9.17) is 0 Å². The van der Waals surface area contributed by atoms with Crippen molar-refractivity contribution in [3.63, 3.8) is 0 Å². The van der Waals surface area contributed by atoms with E-state index in [0.29, 0.717) is 21.7 Å². The van der Waals surface area contributed by atoms with Crippen molar-refractivity contribution in [3.05, 3.63) is 28.3 Å². The first-order valence-corrected chi connectivity index (χ1v) is 13.2. The van der Waals surface area contributed by atoms with E-state index in [9.17, 15) is 0 Å². The SMILES string of the molecule is CCC1(CC)CC(CC)(CC)c2c1cc1c(c2[PH-])C(CC)(CC)CC1(CC)CC.[Li+]. The molecule has 1 aromatic carbocycles. The van der Waals surface area contributed by atoms with Crippen molar-refractivity contribution in [1.82, 2.24) is 0 Å². The van der Waals surface area contributed by atoms with Crippen LogP contribution in [0.4, 0.5) is 0 Å². The van der Waals surface area contributed by atoms with Gasteiger partial charge in [0.2, 0.25) is 0 Å². The zero-order valence-corrected chi connectivity index (χ0v) is 22.6. The molecule has 0 fully saturated rings. The Bertz CT molecular complexity index is 686. The van der Waals surface area contributed by atoms with Crippen LogP contribution in [0.5, 0.6) is 0 Å². The van der Waals surface area contributed by atoms with Gasteiger partial charge in [-0.05, 0) is 97.0 Å². The molecular formula is C28H46LiP. The van der Waals surface area contributed by atoms with Crippen LogP contribution in [-0.4, -0.2) is 0 Å². The van der Waals surface area contributed by atoms with Crippen LogP contribution >= 0.6 is 9.24 Å². The summed E-state index contributed by atoms with van der Waals surface area (Å²) < 4.78 is 0. The molecule has 0 atom stereocenters. The predicted octanol–water partition coefficient (Wildman–Crippen LogP) is 5.50. The van der Waals surface area contributed by atoms with Crippen molar-refractivity contribution in [3.8, 4) is 0 Å². The van der Waals surface area contributed by atoms with Gasteiger partial charge in [-0.3, -0.25) is 0 Å². The second kappa shape index (κ2) is 9.24. The third kappa shape index (κ3) is 3.26. The Hall–Kier alpha value is 0.247. The van der Waals surface area contributed by atoms with E-state index in [-0.39, 0.29) is 18.9 Å². The molecule has 0 heterocycles. The number of benzene rings is 1. The molecule has 0 bridgehead atoms. The molecule has 0 spiro atoms. The van der Waals surface area contributed by atoms with Gasteiger partial charge in [-0.15, -0.1) is 0 Å². The standard InChI is InChI=1S/C28H46P.Li/c1-9-25(10-2)18-27(13-5,14-6)22-20(25)17-21-23(24(22)29)28(15-7,16-8)19-26(21,11-3)12-4;/h17,29H,9-16,18-19H2,1-8H3;/q-1;+1. The quantitative estimate of drug-likeness (QED) is 0.385. The van der Waals surface area contributed by atoms with E-state index in [0.717, 1.165) is 0 Å². The maximum Gasteiger partial charge on any atom is 1.00 e. The largest absolute Gasteiger partial charge is 1.00 e. The molecule has 30 heavy (non-hydrogen) atoms. The van der Waals surface area contributed by atoms with E-state index < -0.39 is 0 Å². The minimum atomic E-state index is 0. The van der Waals surface area contributed by atoms with E-state index in [2.05, 4.69) is 70.7 Å². The summed E-state index contributed by atoms with van der Waals surface area (Å²) in [5, 5.41) is 1.51. The first kappa shape index (κ1) is 26.5. The molecule has 0 saturated carbocycles. The van der Waals surface area contributed by atoms with Gasteiger partial charge in [0.15, 0.2) is 0 Å². The molecule has 0 unspecified atom stereocenters. The fraction of sp³-hybridized carbons (Fsp3) is 0.786. The second-order valence-electron chi connectivity index (χ2n) is 10.4. The first-order valence-electron chi connectivity index (χ1n) is 12.7. The Kier molecular flexibility index (Phi) is 8.16. The van der Waals surface area contributed by atoms with Crippen molar-refractivity contribution < 1.29 is 18.9 Å². The zero-order chi connectivity index (χ0) is 21.7. The van der Waals surface area contributed by atoms with E-state index >= 15 is 0 Å². The van der Waals surface area contributed by atoms with Crippen LogP contribution < -0.4 is 24.2 Å². The molecule has 2 aliphatic carbocycles. The monoisotopic (exact) mass is 420 g/mol. The number of fused-ring (bicyclic) bond motifs is 2. The Morgan fingerprint density at radius 2 is 0.833 bits per heavy atom. The fourth-order valence-electron chi connectivity index (χ4n) is 7.75. The van der Waals surface area contributed by atoms with Crippen molar-refractivity contribution in [1.29, 1.82) is 0 Å². The topological polar surface area (TPSA) is 0 Å². The number of hydrogen-bond donors (Lipinski definition) is 0. The van der Waals surface area contributed by atoms with Crippen molar-refractivity contribution in [2.75, 3.05) is 0 Å². The molecule has 0 radical (unpaired) electrons. The molecule has 0 aromatic heterocycles. The summed E-state index contributed by atoms with van der Waals surface area (Å²) in [4.78, 5) is 0. The first-order chi connectivity index (χ1) is 13.8. The average molecular weight is 421 g/mol. The third-order valence-corrected chi connectivity index (χ3v) is 10.8. The third-order valence-electron chi connectivity index (χ3n) is 10.3.